The Bertz CT molecular complexity index is 339. The minimum atomic E-state index is -0.0822. The van der Waals surface area contributed by atoms with E-state index in [1.807, 2.05) is 6.92 Å². The molecule has 0 saturated heterocycles. The van der Waals surface area contributed by atoms with Crippen LogP contribution in [0.15, 0.2) is 23.1 Å². The van der Waals surface area contributed by atoms with Crippen LogP contribution in [0.3, 0.4) is 0 Å². The minimum Gasteiger partial charge on any atom is -0.466 e. The maximum atomic E-state index is 11.5. The predicted molar refractivity (Wildman–Crippen MR) is 55.3 cm³/mol. The van der Waals surface area contributed by atoms with E-state index in [-0.39, 0.29) is 5.91 Å². The van der Waals surface area contributed by atoms with E-state index in [1.165, 1.54) is 0 Å². The number of carbonyl (C=O) groups excluding carboxylic acids is 1. The highest BCUT2D eigenvalue weighted by molar-refractivity contribution is 5.95. The van der Waals surface area contributed by atoms with Crippen molar-refractivity contribution >= 4 is 5.91 Å². The summed E-state index contributed by atoms with van der Waals surface area (Å²) in [5, 5.41) is 2.78. The summed E-state index contributed by atoms with van der Waals surface area (Å²) in [4.78, 5) is 11.5. The lowest BCUT2D eigenvalue weighted by atomic mass is 10.2. The predicted octanol–water partition coefficient (Wildman–Crippen LogP) is 2.20. The van der Waals surface area contributed by atoms with Crippen molar-refractivity contribution in [3.8, 4) is 0 Å². The van der Waals surface area contributed by atoms with Gasteiger partial charge in [-0.1, -0.05) is 6.08 Å². The van der Waals surface area contributed by atoms with Gasteiger partial charge in [0, 0.05) is 6.54 Å². The molecule has 3 heteroatoms. The van der Waals surface area contributed by atoms with Crippen LogP contribution >= 0.6 is 0 Å². The van der Waals surface area contributed by atoms with Gasteiger partial charge in [0.25, 0.3) is 5.91 Å². The Morgan fingerprint density at radius 1 is 1.64 bits per heavy atom. The van der Waals surface area contributed by atoms with E-state index in [9.17, 15) is 4.79 Å². The quantitative estimate of drug-likeness (QED) is 0.588. The largest absolute Gasteiger partial charge is 0.466 e. The molecule has 0 spiro atoms. The lowest BCUT2D eigenvalue weighted by molar-refractivity contribution is 0.0953. The molecule has 3 nitrogen and oxygen atoms in total. The maximum absolute atomic E-state index is 11.5. The Balaban J connectivity index is 2.60. The second-order valence-corrected chi connectivity index (χ2v) is 3.16. The molecule has 0 unspecified atom stereocenters. The summed E-state index contributed by atoms with van der Waals surface area (Å²) in [5.74, 6) is 1.34. The molecule has 0 aliphatic rings. The van der Waals surface area contributed by atoms with Gasteiger partial charge >= 0.3 is 0 Å². The van der Waals surface area contributed by atoms with Crippen LogP contribution in [0.25, 0.3) is 0 Å². The van der Waals surface area contributed by atoms with Crippen LogP contribution in [0.2, 0.25) is 0 Å². The molecule has 0 saturated carbocycles. The van der Waals surface area contributed by atoms with Crippen LogP contribution in [0.4, 0.5) is 0 Å². The Hall–Kier alpha value is -1.51. The molecule has 0 atom stereocenters. The van der Waals surface area contributed by atoms with Gasteiger partial charge in [0.05, 0.1) is 5.56 Å². The molecule has 0 aliphatic carbocycles. The van der Waals surface area contributed by atoms with Gasteiger partial charge in [0.2, 0.25) is 0 Å². The van der Waals surface area contributed by atoms with Crippen molar-refractivity contribution in [2.75, 3.05) is 6.54 Å². The second kappa shape index (κ2) is 4.65. The molecule has 0 bridgehead atoms. The first kappa shape index (κ1) is 10.6. The Labute approximate surface area is 83.8 Å². The summed E-state index contributed by atoms with van der Waals surface area (Å²) >= 11 is 0. The van der Waals surface area contributed by atoms with Gasteiger partial charge < -0.3 is 9.73 Å². The Morgan fingerprint density at radius 2 is 2.36 bits per heavy atom. The summed E-state index contributed by atoms with van der Waals surface area (Å²) in [6.07, 6.45) is 2.55. The van der Waals surface area contributed by atoms with Crippen LogP contribution in [-0.4, -0.2) is 12.5 Å². The molecule has 0 fully saturated rings. The number of amides is 1. The van der Waals surface area contributed by atoms with Crippen molar-refractivity contribution in [1.29, 1.82) is 0 Å². The number of nitrogens with one attached hydrogen (secondary N) is 1. The summed E-state index contributed by atoms with van der Waals surface area (Å²) in [5.41, 5.74) is 0.617. The molecule has 14 heavy (non-hydrogen) atoms. The highest BCUT2D eigenvalue weighted by Gasteiger charge is 2.11. The average molecular weight is 193 g/mol. The fourth-order valence-corrected chi connectivity index (χ4v) is 1.24. The fraction of sp³-hybridized carbons (Fsp3) is 0.364. The lowest BCUT2D eigenvalue weighted by Gasteiger charge is -2.00. The van der Waals surface area contributed by atoms with E-state index in [2.05, 4.69) is 11.9 Å². The van der Waals surface area contributed by atoms with Gasteiger partial charge in [0.15, 0.2) is 0 Å². The molecule has 1 aromatic rings. The molecule has 1 heterocycles. The first-order chi connectivity index (χ1) is 6.65. The smallest absolute Gasteiger partial charge is 0.254 e. The van der Waals surface area contributed by atoms with Gasteiger partial charge in [0.1, 0.15) is 11.5 Å². The number of carbonyl (C=O) groups is 1. The van der Waals surface area contributed by atoms with Gasteiger partial charge in [-0.25, -0.2) is 0 Å². The molecule has 0 aromatic carbocycles. The van der Waals surface area contributed by atoms with Gasteiger partial charge in [-0.3, -0.25) is 4.79 Å². The molecule has 76 valence electrons. The summed E-state index contributed by atoms with van der Waals surface area (Å²) in [6.45, 7) is 7.81. The number of hydrogen-bond donors (Lipinski definition) is 1. The van der Waals surface area contributed by atoms with Gasteiger partial charge in [-0.15, -0.1) is 6.58 Å². The fourth-order valence-electron chi connectivity index (χ4n) is 1.24. The zero-order valence-electron chi connectivity index (χ0n) is 8.59. The Morgan fingerprint density at radius 3 is 2.86 bits per heavy atom. The number of furan rings is 1. The van der Waals surface area contributed by atoms with E-state index in [1.54, 1.807) is 19.1 Å². The normalized spacial score (nSPS) is 9.86. The second-order valence-electron chi connectivity index (χ2n) is 3.16. The topological polar surface area (TPSA) is 42.2 Å². The van der Waals surface area contributed by atoms with Crippen molar-refractivity contribution in [2.45, 2.75) is 20.3 Å². The lowest BCUT2D eigenvalue weighted by Crippen LogP contribution is -2.24. The molecular formula is C11H15NO2. The van der Waals surface area contributed by atoms with E-state index >= 15 is 0 Å². The third-order valence-electron chi connectivity index (χ3n) is 1.92. The van der Waals surface area contributed by atoms with Crippen LogP contribution in [0.5, 0.6) is 0 Å². The first-order valence-electron chi connectivity index (χ1n) is 4.61. The maximum Gasteiger partial charge on any atom is 0.254 e. The molecule has 0 radical (unpaired) electrons. The molecule has 0 aliphatic heterocycles. The number of hydrogen-bond acceptors (Lipinski definition) is 2. The first-order valence-corrected chi connectivity index (χ1v) is 4.61. The molecule has 1 N–H and O–H groups in total. The van der Waals surface area contributed by atoms with Crippen LogP contribution in [-0.2, 0) is 0 Å². The summed E-state index contributed by atoms with van der Waals surface area (Å²) < 4.78 is 5.26. The molecule has 1 amide bonds. The van der Waals surface area contributed by atoms with Crippen LogP contribution in [0.1, 0.15) is 28.3 Å². The monoisotopic (exact) mass is 193 g/mol. The van der Waals surface area contributed by atoms with E-state index in [0.717, 1.165) is 12.2 Å². The van der Waals surface area contributed by atoms with Gasteiger partial charge in [-0.05, 0) is 26.3 Å². The van der Waals surface area contributed by atoms with E-state index < -0.39 is 0 Å². The zero-order valence-corrected chi connectivity index (χ0v) is 8.59. The molecule has 1 aromatic heterocycles. The zero-order chi connectivity index (χ0) is 10.6. The minimum absolute atomic E-state index is 0.0822. The third kappa shape index (κ3) is 2.49. The Kier molecular flexibility index (Phi) is 3.51. The van der Waals surface area contributed by atoms with Gasteiger partial charge in [-0.2, -0.15) is 0 Å². The van der Waals surface area contributed by atoms with E-state index in [4.69, 9.17) is 4.42 Å². The summed E-state index contributed by atoms with van der Waals surface area (Å²) in [7, 11) is 0. The van der Waals surface area contributed by atoms with Crippen molar-refractivity contribution in [3.05, 3.63) is 35.8 Å². The average Bonchev–Trinajstić information content (AvgIpc) is 2.45. The van der Waals surface area contributed by atoms with Crippen LogP contribution in [0, 0.1) is 13.8 Å². The van der Waals surface area contributed by atoms with Crippen molar-refractivity contribution in [1.82, 2.24) is 5.32 Å². The standard InChI is InChI=1S/C11H15NO2/c1-4-5-6-12-11(13)10-7-8(2)14-9(10)3/h4,7H,1,5-6H2,2-3H3,(H,12,13). The van der Waals surface area contributed by atoms with Crippen molar-refractivity contribution in [2.24, 2.45) is 0 Å². The van der Waals surface area contributed by atoms with Crippen molar-refractivity contribution in [3.63, 3.8) is 0 Å². The highest BCUT2D eigenvalue weighted by Crippen LogP contribution is 2.13. The SMILES string of the molecule is C=CCCNC(=O)c1cc(C)oc1C. The number of rotatable bonds is 4. The van der Waals surface area contributed by atoms with E-state index in [0.29, 0.717) is 17.9 Å². The molecule has 1 rings (SSSR count). The third-order valence-corrected chi connectivity index (χ3v) is 1.92. The van der Waals surface area contributed by atoms with Crippen molar-refractivity contribution < 1.29 is 9.21 Å². The van der Waals surface area contributed by atoms with Crippen LogP contribution < -0.4 is 5.32 Å². The highest BCUT2D eigenvalue weighted by atomic mass is 16.3. The number of aryl methyl sites for hydroxylation is 2. The molecular weight excluding hydrogens is 178 g/mol. The summed E-state index contributed by atoms with van der Waals surface area (Å²) in [6, 6.07) is 1.75.